The molecule has 1 fully saturated rings. The Balaban J connectivity index is 1.31. The lowest BCUT2D eigenvalue weighted by Crippen LogP contribution is -2.59. The summed E-state index contributed by atoms with van der Waals surface area (Å²) in [6, 6.07) is 3.88. The molecule has 2 aromatic heterocycles. The molecule has 0 saturated carbocycles. The van der Waals surface area contributed by atoms with Crippen LogP contribution in [0.15, 0.2) is 24.5 Å². The van der Waals surface area contributed by atoms with Gasteiger partial charge in [0.1, 0.15) is 30.1 Å². The molecule has 2 aromatic rings. The van der Waals surface area contributed by atoms with Gasteiger partial charge in [0.25, 0.3) is 0 Å². The molecule has 0 spiro atoms. The molecular formula is C17H26N4O7. The highest BCUT2D eigenvalue weighted by Crippen LogP contribution is 2.21. The normalized spacial score (nSPS) is 27.9. The second-order valence-corrected chi connectivity index (χ2v) is 6.58. The molecule has 28 heavy (non-hydrogen) atoms. The molecule has 156 valence electrons. The molecule has 1 saturated heterocycles. The Bertz CT molecular complexity index is 694. The van der Waals surface area contributed by atoms with Crippen molar-refractivity contribution in [2.75, 3.05) is 19.8 Å². The van der Waals surface area contributed by atoms with Gasteiger partial charge in [0.2, 0.25) is 0 Å². The number of hydrogen-bond acceptors (Lipinski definition) is 9. The van der Waals surface area contributed by atoms with E-state index < -0.39 is 37.3 Å². The van der Waals surface area contributed by atoms with E-state index in [4.69, 9.17) is 19.3 Å². The van der Waals surface area contributed by atoms with E-state index in [1.54, 1.807) is 4.68 Å². The Morgan fingerprint density at radius 1 is 1.18 bits per heavy atom. The van der Waals surface area contributed by atoms with Crippen LogP contribution < -0.4 is 0 Å². The molecule has 0 aliphatic carbocycles. The van der Waals surface area contributed by atoms with Gasteiger partial charge in [-0.25, -0.2) is 4.68 Å². The van der Waals surface area contributed by atoms with Crippen LogP contribution in [0, 0.1) is 0 Å². The Morgan fingerprint density at radius 3 is 2.79 bits per heavy atom. The zero-order valence-corrected chi connectivity index (χ0v) is 15.3. The van der Waals surface area contributed by atoms with E-state index in [9.17, 15) is 15.3 Å². The number of rotatable bonds is 10. The third kappa shape index (κ3) is 5.35. The largest absolute Gasteiger partial charge is 0.394 e. The van der Waals surface area contributed by atoms with Crippen molar-refractivity contribution in [3.05, 3.63) is 35.9 Å². The molecule has 0 radical (unpaired) electrons. The first-order valence-electron chi connectivity index (χ1n) is 9.09. The summed E-state index contributed by atoms with van der Waals surface area (Å²) < 4.78 is 17.9. The summed E-state index contributed by atoms with van der Waals surface area (Å²) in [4.78, 5) is 3.10. The van der Waals surface area contributed by atoms with Crippen molar-refractivity contribution in [2.45, 2.75) is 50.3 Å². The van der Waals surface area contributed by atoms with Gasteiger partial charge in [-0.3, -0.25) is 0 Å². The lowest BCUT2D eigenvalue weighted by Gasteiger charge is -2.39. The standard InChI is InChI=1S/C17H26N4O7/c22-9-13-14(23)15(24)16(25)17(28-13)27-6-2-5-26-10-12-8-21(20-19-12)7-11-3-1-4-18-11/h1,3-4,8,13-18,22-25H,2,5-7,9-10H2. The SMILES string of the molecule is OCC1OC(OCCCOCc2cn(Cc3ccc[nH]3)nn2)C(O)C(O)C1O. The molecule has 3 rings (SSSR count). The van der Waals surface area contributed by atoms with Gasteiger partial charge in [-0.2, -0.15) is 0 Å². The Morgan fingerprint density at radius 2 is 2.04 bits per heavy atom. The summed E-state index contributed by atoms with van der Waals surface area (Å²) in [6.07, 6.45) is -2.15. The molecular weight excluding hydrogens is 372 g/mol. The van der Waals surface area contributed by atoms with E-state index in [0.717, 1.165) is 5.69 Å². The number of aliphatic hydroxyl groups is 4. The maximum Gasteiger partial charge on any atom is 0.186 e. The molecule has 5 N–H and O–H groups in total. The molecule has 11 heteroatoms. The third-order valence-corrected chi connectivity index (χ3v) is 4.39. The Kier molecular flexibility index (Phi) is 7.50. The van der Waals surface area contributed by atoms with Gasteiger partial charge in [-0.15, -0.1) is 5.10 Å². The predicted molar refractivity (Wildman–Crippen MR) is 93.9 cm³/mol. The average Bonchev–Trinajstić information content (AvgIpc) is 3.37. The fourth-order valence-electron chi connectivity index (χ4n) is 2.86. The van der Waals surface area contributed by atoms with Crippen LogP contribution in [0.3, 0.4) is 0 Å². The lowest BCUT2D eigenvalue weighted by molar-refractivity contribution is -0.301. The second-order valence-electron chi connectivity index (χ2n) is 6.58. The van der Waals surface area contributed by atoms with Crippen molar-refractivity contribution < 1.29 is 34.6 Å². The Labute approximate surface area is 161 Å². The lowest BCUT2D eigenvalue weighted by atomic mass is 9.99. The number of aliphatic hydroxyl groups excluding tert-OH is 4. The minimum Gasteiger partial charge on any atom is -0.394 e. The van der Waals surface area contributed by atoms with Crippen molar-refractivity contribution in [1.82, 2.24) is 20.0 Å². The van der Waals surface area contributed by atoms with Crippen LogP contribution in [0.4, 0.5) is 0 Å². The average molecular weight is 398 g/mol. The molecule has 5 atom stereocenters. The topological polar surface area (TPSA) is 155 Å². The first-order chi connectivity index (χ1) is 13.6. The summed E-state index contributed by atoms with van der Waals surface area (Å²) in [7, 11) is 0. The molecule has 0 bridgehead atoms. The van der Waals surface area contributed by atoms with Crippen LogP contribution in [0.2, 0.25) is 0 Å². The zero-order valence-electron chi connectivity index (χ0n) is 15.3. The fourth-order valence-corrected chi connectivity index (χ4v) is 2.86. The van der Waals surface area contributed by atoms with Crippen LogP contribution in [0.25, 0.3) is 0 Å². The van der Waals surface area contributed by atoms with Crippen LogP contribution in [0.5, 0.6) is 0 Å². The van der Waals surface area contributed by atoms with E-state index in [-0.39, 0.29) is 6.61 Å². The quantitative estimate of drug-likeness (QED) is 0.297. The van der Waals surface area contributed by atoms with E-state index in [2.05, 4.69) is 15.3 Å². The highest BCUT2D eigenvalue weighted by Gasteiger charge is 2.43. The van der Waals surface area contributed by atoms with E-state index in [0.29, 0.717) is 31.9 Å². The smallest absolute Gasteiger partial charge is 0.186 e. The molecule has 0 aromatic carbocycles. The van der Waals surface area contributed by atoms with Crippen molar-refractivity contribution in [3.63, 3.8) is 0 Å². The molecule has 1 aliphatic heterocycles. The highest BCUT2D eigenvalue weighted by atomic mass is 16.7. The number of H-pyrrole nitrogens is 1. The van der Waals surface area contributed by atoms with Crippen LogP contribution in [-0.4, -0.2) is 90.9 Å². The number of ether oxygens (including phenoxy) is 3. The number of aromatic nitrogens is 4. The van der Waals surface area contributed by atoms with Gasteiger partial charge in [0, 0.05) is 18.5 Å². The van der Waals surface area contributed by atoms with E-state index in [1.807, 2.05) is 24.5 Å². The molecule has 11 nitrogen and oxygen atoms in total. The number of hydrogen-bond donors (Lipinski definition) is 5. The molecule has 5 unspecified atom stereocenters. The van der Waals surface area contributed by atoms with E-state index in [1.165, 1.54) is 0 Å². The van der Waals surface area contributed by atoms with Crippen molar-refractivity contribution in [1.29, 1.82) is 0 Å². The van der Waals surface area contributed by atoms with E-state index >= 15 is 0 Å². The molecule has 1 aliphatic rings. The predicted octanol–water partition coefficient (Wildman–Crippen LogP) is -1.62. The summed E-state index contributed by atoms with van der Waals surface area (Å²) in [5.41, 5.74) is 1.74. The monoisotopic (exact) mass is 398 g/mol. The van der Waals surface area contributed by atoms with Gasteiger partial charge in [-0.05, 0) is 18.6 Å². The van der Waals surface area contributed by atoms with Crippen LogP contribution in [-0.2, 0) is 27.4 Å². The summed E-state index contributed by atoms with van der Waals surface area (Å²) in [6.45, 7) is 1.03. The highest BCUT2D eigenvalue weighted by molar-refractivity contribution is 5.04. The summed E-state index contributed by atoms with van der Waals surface area (Å²) in [5.74, 6) is 0. The minimum atomic E-state index is -1.44. The van der Waals surface area contributed by atoms with Crippen LogP contribution >= 0.6 is 0 Å². The molecule has 0 amide bonds. The van der Waals surface area contributed by atoms with Crippen LogP contribution in [0.1, 0.15) is 17.8 Å². The maximum absolute atomic E-state index is 9.87. The second kappa shape index (κ2) is 10.1. The van der Waals surface area contributed by atoms with Crippen molar-refractivity contribution >= 4 is 0 Å². The summed E-state index contributed by atoms with van der Waals surface area (Å²) in [5, 5.41) is 46.5. The minimum absolute atomic E-state index is 0.211. The van der Waals surface area contributed by atoms with Crippen molar-refractivity contribution in [2.24, 2.45) is 0 Å². The number of aromatic amines is 1. The maximum atomic E-state index is 9.87. The van der Waals surface area contributed by atoms with Gasteiger partial charge >= 0.3 is 0 Å². The fraction of sp³-hybridized carbons (Fsp3) is 0.647. The summed E-state index contributed by atoms with van der Waals surface area (Å²) >= 11 is 0. The van der Waals surface area contributed by atoms with Gasteiger partial charge in [0.05, 0.1) is 32.6 Å². The third-order valence-electron chi connectivity index (χ3n) is 4.39. The van der Waals surface area contributed by atoms with Crippen molar-refractivity contribution in [3.8, 4) is 0 Å². The zero-order chi connectivity index (χ0) is 19.9. The number of nitrogens with one attached hydrogen (secondary N) is 1. The first kappa shape index (κ1) is 20.9. The first-order valence-corrected chi connectivity index (χ1v) is 9.09. The Hall–Kier alpha value is -1.86. The molecule has 3 heterocycles. The van der Waals surface area contributed by atoms with Gasteiger partial charge < -0.3 is 39.6 Å². The number of nitrogens with zero attached hydrogens (tertiary/aromatic N) is 3. The van der Waals surface area contributed by atoms with Gasteiger partial charge in [-0.1, -0.05) is 5.21 Å². The van der Waals surface area contributed by atoms with Gasteiger partial charge in [0.15, 0.2) is 6.29 Å².